The van der Waals surface area contributed by atoms with Crippen LogP contribution < -0.4 is 5.32 Å². The zero-order valence-electron chi connectivity index (χ0n) is 13.3. The lowest BCUT2D eigenvalue weighted by Gasteiger charge is -2.17. The number of rotatable bonds is 8. The molecule has 118 valence electrons. The van der Waals surface area contributed by atoms with Gasteiger partial charge in [0.05, 0.1) is 6.10 Å². The van der Waals surface area contributed by atoms with Crippen molar-refractivity contribution in [3.8, 4) is 0 Å². The van der Waals surface area contributed by atoms with Crippen LogP contribution in [0.5, 0.6) is 0 Å². The molecule has 5 heteroatoms. The van der Waals surface area contributed by atoms with Gasteiger partial charge in [-0.1, -0.05) is 30.3 Å². The third kappa shape index (κ3) is 4.17. The molecular formula is C16H26N2O3. The average molecular weight is 294 g/mol. The third-order valence-electron chi connectivity index (χ3n) is 4.26. The van der Waals surface area contributed by atoms with Crippen molar-refractivity contribution < 1.29 is 14.7 Å². The van der Waals surface area contributed by atoms with Gasteiger partial charge in [0.2, 0.25) is 0 Å². The Balaban J connectivity index is 2.85. The Kier molecular flexibility index (Phi) is 6.62. The van der Waals surface area contributed by atoms with Crippen LogP contribution in [-0.4, -0.2) is 37.5 Å². The van der Waals surface area contributed by atoms with Gasteiger partial charge in [-0.3, -0.25) is 0 Å². The first-order chi connectivity index (χ1) is 10.0. The van der Waals surface area contributed by atoms with E-state index in [0.717, 1.165) is 23.3 Å². The Morgan fingerprint density at radius 3 is 2.71 bits per heavy atom. The molecule has 0 spiro atoms. The molecule has 0 aromatic carbocycles. The Bertz CT molecular complexity index is 443. The zero-order chi connectivity index (χ0) is 16.0. The minimum absolute atomic E-state index is 0.0802. The predicted octanol–water partition coefficient (Wildman–Crippen LogP) is 1.89. The highest BCUT2D eigenvalue weighted by Crippen LogP contribution is 2.49. The standard InChI is InChI=1S/C16H26N2O3/c1-6-12(10(2)9-14(17-4)18-21-5)11(3)15-13(7-8-19)16(15)20/h6,8,11,13,15-16,20H,1,7,9H2,2-5H3,(H,17,18)/b12-10-/t11-,13?,15?,16?/m0/s1. The van der Waals surface area contributed by atoms with Gasteiger partial charge >= 0.3 is 0 Å². The zero-order valence-corrected chi connectivity index (χ0v) is 13.3. The summed E-state index contributed by atoms with van der Waals surface area (Å²) in [7, 11) is 3.31. The molecule has 5 nitrogen and oxygen atoms in total. The number of carbonyl (C=O) groups excluding carboxylic acids is 1. The molecule has 0 aliphatic heterocycles. The molecule has 2 N–H and O–H groups in total. The van der Waals surface area contributed by atoms with Crippen molar-refractivity contribution in [3.63, 3.8) is 0 Å². The van der Waals surface area contributed by atoms with E-state index in [0.29, 0.717) is 12.8 Å². The van der Waals surface area contributed by atoms with Gasteiger partial charge in [-0.15, -0.1) is 0 Å². The van der Waals surface area contributed by atoms with Crippen molar-refractivity contribution in [2.45, 2.75) is 32.8 Å². The summed E-state index contributed by atoms with van der Waals surface area (Å²) in [6.07, 6.45) is 3.39. The first-order valence-corrected chi connectivity index (χ1v) is 7.23. The number of aldehydes is 1. The summed E-state index contributed by atoms with van der Waals surface area (Å²) < 4.78 is 0. The number of hydrogen-bond acceptors (Lipinski definition) is 4. The van der Waals surface area contributed by atoms with E-state index in [1.807, 2.05) is 13.0 Å². The molecule has 1 fully saturated rings. The van der Waals surface area contributed by atoms with Gasteiger partial charge in [0.25, 0.3) is 0 Å². The summed E-state index contributed by atoms with van der Waals surface area (Å²) in [5.41, 5.74) is 2.23. The number of oxime groups is 1. The minimum atomic E-state index is -0.385. The Hall–Kier alpha value is -1.62. The summed E-state index contributed by atoms with van der Waals surface area (Å²) in [6, 6.07) is 0. The average Bonchev–Trinajstić information content (AvgIpc) is 3.09. The highest BCUT2D eigenvalue weighted by molar-refractivity contribution is 5.83. The largest absolute Gasteiger partial charge is 0.398 e. The normalized spacial score (nSPS) is 27.5. The molecule has 4 atom stereocenters. The topological polar surface area (TPSA) is 70.9 Å². The smallest absolute Gasteiger partial charge is 0.145 e. The summed E-state index contributed by atoms with van der Waals surface area (Å²) in [5.74, 6) is 1.12. The van der Waals surface area contributed by atoms with Crippen molar-refractivity contribution >= 4 is 12.1 Å². The van der Waals surface area contributed by atoms with Crippen LogP contribution in [0.3, 0.4) is 0 Å². The van der Waals surface area contributed by atoms with Crippen LogP contribution in [0.2, 0.25) is 0 Å². The molecule has 1 aliphatic carbocycles. The Morgan fingerprint density at radius 2 is 2.24 bits per heavy atom. The second-order valence-electron chi connectivity index (χ2n) is 5.51. The van der Waals surface area contributed by atoms with Gasteiger partial charge in [0.1, 0.15) is 19.2 Å². The van der Waals surface area contributed by atoms with E-state index in [2.05, 4.69) is 24.0 Å². The number of nitrogens with one attached hydrogen (secondary N) is 1. The minimum Gasteiger partial charge on any atom is -0.398 e. The van der Waals surface area contributed by atoms with Crippen molar-refractivity contribution in [1.82, 2.24) is 5.32 Å². The molecule has 0 bridgehead atoms. The van der Waals surface area contributed by atoms with Crippen molar-refractivity contribution in [3.05, 3.63) is 23.8 Å². The van der Waals surface area contributed by atoms with Gasteiger partial charge in [0, 0.05) is 19.9 Å². The van der Waals surface area contributed by atoms with Crippen LogP contribution in [-0.2, 0) is 9.63 Å². The van der Waals surface area contributed by atoms with E-state index in [9.17, 15) is 9.90 Å². The summed E-state index contributed by atoms with van der Waals surface area (Å²) >= 11 is 0. The molecular weight excluding hydrogens is 268 g/mol. The molecule has 0 saturated heterocycles. The third-order valence-corrected chi connectivity index (χ3v) is 4.26. The molecule has 0 aromatic heterocycles. The van der Waals surface area contributed by atoms with Crippen LogP contribution in [0, 0.1) is 17.8 Å². The van der Waals surface area contributed by atoms with E-state index in [1.54, 1.807) is 7.05 Å². The van der Waals surface area contributed by atoms with Crippen LogP contribution in [0.15, 0.2) is 29.0 Å². The van der Waals surface area contributed by atoms with Gasteiger partial charge < -0.3 is 20.1 Å². The maximum absolute atomic E-state index is 10.6. The van der Waals surface area contributed by atoms with E-state index < -0.39 is 0 Å². The number of allylic oxidation sites excluding steroid dienone is 2. The first-order valence-electron chi connectivity index (χ1n) is 7.23. The van der Waals surface area contributed by atoms with E-state index in [-0.39, 0.29) is 23.9 Å². The first kappa shape index (κ1) is 17.4. The van der Waals surface area contributed by atoms with Crippen LogP contribution in [0.1, 0.15) is 26.7 Å². The molecule has 3 unspecified atom stereocenters. The van der Waals surface area contributed by atoms with Crippen LogP contribution >= 0.6 is 0 Å². The SMILES string of the molecule is C=C/C(=C(\C)C/C(=N/OC)NC)[C@H](C)C1C(O)C1CC=O. The number of hydrogen-bond donors (Lipinski definition) is 2. The molecule has 0 aromatic rings. The molecule has 1 saturated carbocycles. The molecule has 1 aliphatic rings. The van der Waals surface area contributed by atoms with E-state index in [4.69, 9.17) is 4.84 Å². The predicted molar refractivity (Wildman–Crippen MR) is 83.8 cm³/mol. The quantitative estimate of drug-likeness (QED) is 0.236. The highest BCUT2D eigenvalue weighted by Gasteiger charge is 2.51. The van der Waals surface area contributed by atoms with Crippen molar-refractivity contribution in [2.24, 2.45) is 22.9 Å². The van der Waals surface area contributed by atoms with Gasteiger partial charge in [-0.25, -0.2) is 0 Å². The lowest BCUT2D eigenvalue weighted by atomic mass is 9.89. The van der Waals surface area contributed by atoms with Crippen LogP contribution in [0.4, 0.5) is 0 Å². The number of aliphatic hydroxyl groups is 1. The fourth-order valence-electron chi connectivity index (χ4n) is 3.04. The Labute approximate surface area is 126 Å². The van der Waals surface area contributed by atoms with E-state index >= 15 is 0 Å². The summed E-state index contributed by atoms with van der Waals surface area (Å²) in [4.78, 5) is 15.4. The molecule has 0 amide bonds. The number of amidine groups is 1. The fourth-order valence-corrected chi connectivity index (χ4v) is 3.04. The maximum atomic E-state index is 10.6. The molecule has 0 radical (unpaired) electrons. The van der Waals surface area contributed by atoms with Crippen molar-refractivity contribution in [1.29, 1.82) is 0 Å². The molecule has 21 heavy (non-hydrogen) atoms. The fraction of sp³-hybridized carbons (Fsp3) is 0.625. The molecule has 1 rings (SSSR count). The number of carbonyl (C=O) groups is 1. The number of aliphatic hydroxyl groups excluding tert-OH is 1. The molecule has 0 heterocycles. The second-order valence-corrected chi connectivity index (χ2v) is 5.51. The number of nitrogens with zero attached hydrogens (tertiary/aromatic N) is 1. The summed E-state index contributed by atoms with van der Waals surface area (Å²) in [5, 5.41) is 16.9. The highest BCUT2D eigenvalue weighted by atomic mass is 16.6. The van der Waals surface area contributed by atoms with Gasteiger partial charge in [-0.2, -0.15) is 0 Å². The summed E-state index contributed by atoms with van der Waals surface area (Å²) in [6.45, 7) is 7.99. The van der Waals surface area contributed by atoms with Crippen molar-refractivity contribution in [2.75, 3.05) is 14.2 Å². The van der Waals surface area contributed by atoms with Crippen LogP contribution in [0.25, 0.3) is 0 Å². The van der Waals surface area contributed by atoms with Gasteiger partial charge in [-0.05, 0) is 30.3 Å². The second kappa shape index (κ2) is 7.98. The lowest BCUT2D eigenvalue weighted by Crippen LogP contribution is -2.19. The van der Waals surface area contributed by atoms with E-state index in [1.165, 1.54) is 7.11 Å². The lowest BCUT2D eigenvalue weighted by molar-refractivity contribution is -0.108. The maximum Gasteiger partial charge on any atom is 0.145 e. The monoisotopic (exact) mass is 294 g/mol. The van der Waals surface area contributed by atoms with Gasteiger partial charge in [0.15, 0.2) is 0 Å². The Morgan fingerprint density at radius 1 is 1.57 bits per heavy atom.